The van der Waals surface area contributed by atoms with Crippen molar-refractivity contribution in [3.63, 3.8) is 0 Å². The topological polar surface area (TPSA) is 85.6 Å². The summed E-state index contributed by atoms with van der Waals surface area (Å²) < 4.78 is 10.7. The summed E-state index contributed by atoms with van der Waals surface area (Å²) in [6.07, 6.45) is -0.0128. The fourth-order valence-electron chi connectivity index (χ4n) is 3.17. The first-order valence-electron chi connectivity index (χ1n) is 9.35. The van der Waals surface area contributed by atoms with Gasteiger partial charge in [0.1, 0.15) is 12.2 Å². The van der Waals surface area contributed by atoms with E-state index in [1.807, 2.05) is 50.2 Å². The molecule has 1 heterocycles. The number of carbonyl (C=O) groups excluding carboxylic acids is 2. The van der Waals surface area contributed by atoms with Crippen LogP contribution in [0.5, 0.6) is 0 Å². The van der Waals surface area contributed by atoms with Gasteiger partial charge in [-0.15, -0.1) is 0 Å². The second-order valence-electron chi connectivity index (χ2n) is 7.05. The number of benzene rings is 2. The van der Waals surface area contributed by atoms with Crippen molar-refractivity contribution >= 4 is 22.8 Å². The van der Waals surface area contributed by atoms with Gasteiger partial charge in [-0.1, -0.05) is 30.3 Å². The van der Waals surface area contributed by atoms with Gasteiger partial charge in [-0.05, 0) is 42.7 Å². The van der Waals surface area contributed by atoms with Gasteiger partial charge in [0.05, 0.1) is 12.5 Å². The van der Waals surface area contributed by atoms with Gasteiger partial charge in [-0.25, -0.2) is 4.79 Å². The minimum absolute atomic E-state index is 0.0128. The van der Waals surface area contributed by atoms with Crippen molar-refractivity contribution in [2.75, 3.05) is 0 Å². The summed E-state index contributed by atoms with van der Waals surface area (Å²) in [5.41, 5.74) is 3.43. The Bertz CT molecular complexity index is 1100. The van der Waals surface area contributed by atoms with Crippen molar-refractivity contribution in [1.29, 1.82) is 0 Å². The summed E-state index contributed by atoms with van der Waals surface area (Å²) in [4.78, 5) is 35.8. The van der Waals surface area contributed by atoms with Crippen LogP contribution in [0.4, 0.5) is 0 Å². The van der Waals surface area contributed by atoms with Crippen molar-refractivity contribution in [2.45, 2.75) is 39.8 Å². The Morgan fingerprint density at radius 3 is 2.45 bits per heavy atom. The number of carbonyl (C=O) groups is 2. The minimum atomic E-state index is -0.493. The molecule has 6 nitrogen and oxygen atoms in total. The van der Waals surface area contributed by atoms with E-state index >= 15 is 0 Å². The third kappa shape index (κ3) is 5.10. The van der Waals surface area contributed by atoms with Gasteiger partial charge in [0, 0.05) is 23.9 Å². The summed E-state index contributed by atoms with van der Waals surface area (Å²) >= 11 is 0. The number of aryl methyl sites for hydroxylation is 2. The molecular weight excluding hydrogens is 370 g/mol. The molecular formula is C23H23NO5. The van der Waals surface area contributed by atoms with Gasteiger partial charge in [-0.3, -0.25) is 9.59 Å². The first kappa shape index (κ1) is 20.3. The maximum absolute atomic E-state index is 12.4. The zero-order valence-corrected chi connectivity index (χ0v) is 16.7. The highest BCUT2D eigenvalue weighted by Gasteiger charge is 2.18. The van der Waals surface area contributed by atoms with Crippen molar-refractivity contribution in [1.82, 2.24) is 5.32 Å². The number of nitrogens with one attached hydrogen (secondary N) is 1. The standard InChI is InChI=1S/C23H23NO5/c1-14-9-19-18(11-23(27)29-21(19)10-15(14)2)13-28-22(26)12-20(24-16(3)25)17-7-5-4-6-8-17/h4-11,20H,12-13H2,1-3H3,(H,24,25)/t20-/m1/s1. The number of esters is 1. The second-order valence-corrected chi connectivity index (χ2v) is 7.05. The molecule has 0 spiro atoms. The van der Waals surface area contributed by atoms with Crippen LogP contribution in [0, 0.1) is 13.8 Å². The van der Waals surface area contributed by atoms with E-state index in [0.29, 0.717) is 11.1 Å². The smallest absolute Gasteiger partial charge is 0.336 e. The van der Waals surface area contributed by atoms with Crippen LogP contribution >= 0.6 is 0 Å². The van der Waals surface area contributed by atoms with E-state index < -0.39 is 17.6 Å². The molecule has 0 bridgehead atoms. The number of ether oxygens (including phenoxy) is 1. The Labute approximate surface area is 168 Å². The largest absolute Gasteiger partial charge is 0.461 e. The number of hydrogen-bond acceptors (Lipinski definition) is 5. The molecule has 0 saturated carbocycles. The molecule has 3 aromatic rings. The summed E-state index contributed by atoms with van der Waals surface area (Å²) in [5, 5.41) is 3.51. The van der Waals surface area contributed by atoms with Gasteiger partial charge in [-0.2, -0.15) is 0 Å². The monoisotopic (exact) mass is 393 g/mol. The molecule has 150 valence electrons. The molecule has 0 aliphatic rings. The quantitative estimate of drug-likeness (QED) is 0.510. The lowest BCUT2D eigenvalue weighted by atomic mass is 10.0. The SMILES string of the molecule is CC(=O)N[C@H](CC(=O)OCc1cc(=O)oc2cc(C)c(C)cc12)c1ccccc1. The summed E-state index contributed by atoms with van der Waals surface area (Å²) in [6, 6.07) is 13.8. The fourth-order valence-corrected chi connectivity index (χ4v) is 3.17. The normalized spacial score (nSPS) is 11.8. The zero-order valence-electron chi connectivity index (χ0n) is 16.7. The van der Waals surface area contributed by atoms with E-state index in [0.717, 1.165) is 22.1 Å². The zero-order chi connectivity index (χ0) is 21.0. The molecule has 3 rings (SSSR count). The lowest BCUT2D eigenvalue weighted by Gasteiger charge is -2.18. The first-order valence-corrected chi connectivity index (χ1v) is 9.35. The van der Waals surface area contributed by atoms with Crippen molar-refractivity contribution < 1.29 is 18.7 Å². The van der Waals surface area contributed by atoms with E-state index in [9.17, 15) is 14.4 Å². The highest BCUT2D eigenvalue weighted by Crippen LogP contribution is 2.23. The van der Waals surface area contributed by atoms with Gasteiger partial charge in [0.15, 0.2) is 0 Å². The third-order valence-corrected chi connectivity index (χ3v) is 4.78. The Kier molecular flexibility index (Phi) is 6.12. The Morgan fingerprint density at radius 1 is 1.07 bits per heavy atom. The Balaban J connectivity index is 1.77. The molecule has 0 radical (unpaired) electrons. The van der Waals surface area contributed by atoms with Gasteiger partial charge < -0.3 is 14.5 Å². The van der Waals surface area contributed by atoms with Crippen LogP contribution < -0.4 is 10.9 Å². The van der Waals surface area contributed by atoms with E-state index in [-0.39, 0.29) is 18.9 Å². The summed E-state index contributed by atoms with van der Waals surface area (Å²) in [6.45, 7) is 5.26. The van der Waals surface area contributed by atoms with Crippen LogP contribution in [-0.4, -0.2) is 11.9 Å². The lowest BCUT2D eigenvalue weighted by Crippen LogP contribution is -2.28. The maximum Gasteiger partial charge on any atom is 0.336 e. The number of hydrogen-bond donors (Lipinski definition) is 1. The van der Waals surface area contributed by atoms with E-state index in [1.54, 1.807) is 6.07 Å². The van der Waals surface area contributed by atoms with Crippen LogP contribution in [0.2, 0.25) is 0 Å². The predicted octanol–water partition coefficient (Wildman–Crippen LogP) is 3.72. The van der Waals surface area contributed by atoms with Crippen LogP contribution in [0.3, 0.4) is 0 Å². The third-order valence-electron chi connectivity index (χ3n) is 4.78. The van der Waals surface area contributed by atoms with E-state index in [1.165, 1.54) is 13.0 Å². The van der Waals surface area contributed by atoms with Crippen molar-refractivity contribution in [2.24, 2.45) is 0 Å². The molecule has 0 fully saturated rings. The van der Waals surface area contributed by atoms with Gasteiger partial charge in [0.25, 0.3) is 0 Å². The number of fused-ring (bicyclic) bond motifs is 1. The lowest BCUT2D eigenvalue weighted by molar-refractivity contribution is -0.145. The Hall–Kier alpha value is -3.41. The molecule has 1 amide bonds. The maximum atomic E-state index is 12.4. The van der Waals surface area contributed by atoms with E-state index in [4.69, 9.17) is 9.15 Å². The van der Waals surface area contributed by atoms with E-state index in [2.05, 4.69) is 5.32 Å². The van der Waals surface area contributed by atoms with Crippen molar-refractivity contribution in [3.8, 4) is 0 Å². The van der Waals surface area contributed by atoms with Crippen LogP contribution in [0.1, 0.15) is 41.6 Å². The van der Waals surface area contributed by atoms with Crippen molar-refractivity contribution in [3.05, 3.63) is 81.2 Å². The molecule has 1 N–H and O–H groups in total. The molecule has 6 heteroatoms. The van der Waals surface area contributed by atoms with Crippen LogP contribution in [-0.2, 0) is 20.9 Å². The number of rotatable bonds is 6. The highest BCUT2D eigenvalue weighted by molar-refractivity contribution is 5.82. The molecule has 0 saturated heterocycles. The molecule has 2 aromatic carbocycles. The highest BCUT2D eigenvalue weighted by atomic mass is 16.5. The first-order chi connectivity index (χ1) is 13.8. The average Bonchev–Trinajstić information content (AvgIpc) is 2.67. The Morgan fingerprint density at radius 2 is 1.76 bits per heavy atom. The average molecular weight is 393 g/mol. The number of amides is 1. The van der Waals surface area contributed by atoms with Crippen LogP contribution in [0.15, 0.2) is 57.7 Å². The predicted molar refractivity (Wildman–Crippen MR) is 109 cm³/mol. The second kappa shape index (κ2) is 8.73. The molecule has 29 heavy (non-hydrogen) atoms. The molecule has 0 unspecified atom stereocenters. The van der Waals surface area contributed by atoms with Gasteiger partial charge in [0.2, 0.25) is 5.91 Å². The van der Waals surface area contributed by atoms with Gasteiger partial charge >= 0.3 is 11.6 Å². The minimum Gasteiger partial charge on any atom is -0.461 e. The summed E-state index contributed by atoms with van der Waals surface area (Å²) in [7, 11) is 0. The fraction of sp³-hybridized carbons (Fsp3) is 0.261. The molecule has 1 atom stereocenters. The molecule has 0 aliphatic carbocycles. The molecule has 0 aliphatic heterocycles. The van der Waals surface area contributed by atoms with Crippen LogP contribution in [0.25, 0.3) is 11.0 Å². The molecule has 1 aromatic heterocycles. The summed E-state index contributed by atoms with van der Waals surface area (Å²) in [5.74, 6) is -0.706.